The highest BCUT2D eigenvalue weighted by Crippen LogP contribution is 2.42. The van der Waals surface area contributed by atoms with E-state index in [-0.39, 0.29) is 11.7 Å². The van der Waals surface area contributed by atoms with E-state index in [4.69, 9.17) is 4.98 Å². The molecule has 1 unspecified atom stereocenters. The number of piperazine rings is 1. The zero-order valence-electron chi connectivity index (χ0n) is 19.6. The molecule has 0 bridgehead atoms. The lowest BCUT2D eigenvalue weighted by Gasteiger charge is -2.39. The summed E-state index contributed by atoms with van der Waals surface area (Å²) < 4.78 is 2.03. The van der Waals surface area contributed by atoms with Crippen molar-refractivity contribution in [2.45, 2.75) is 13.0 Å². The summed E-state index contributed by atoms with van der Waals surface area (Å²) >= 11 is 0. The number of benzene rings is 3. The van der Waals surface area contributed by atoms with Crippen molar-refractivity contribution in [2.75, 3.05) is 36.4 Å². The van der Waals surface area contributed by atoms with E-state index in [1.807, 2.05) is 71.0 Å². The maximum absolute atomic E-state index is 14.1. The molecule has 2 N–H and O–H groups in total. The highest BCUT2D eigenvalue weighted by atomic mass is 16.3. The number of hydrogen-bond donors (Lipinski definition) is 2. The molecule has 3 heterocycles. The molecule has 1 saturated heterocycles. The molecule has 6 rings (SSSR count). The average molecular weight is 466 g/mol. The molecule has 2 aliphatic rings. The number of nitrogens with zero attached hydrogens (tertiary/aromatic N) is 4. The highest BCUT2D eigenvalue weighted by molar-refractivity contribution is 5.98. The van der Waals surface area contributed by atoms with E-state index in [0.29, 0.717) is 30.2 Å². The number of para-hydroxylation sites is 4. The SMILES string of the molecule is CC1=C(C(=O)N2CCN(c3ccccc3)CC2)C(c2ccccc2O)n2c(nc3ccccc32)N1. The van der Waals surface area contributed by atoms with Crippen LogP contribution < -0.4 is 10.2 Å². The number of imidazole rings is 1. The van der Waals surface area contributed by atoms with Gasteiger partial charge < -0.3 is 20.2 Å². The molecule has 35 heavy (non-hydrogen) atoms. The topological polar surface area (TPSA) is 73.6 Å². The predicted octanol–water partition coefficient (Wildman–Crippen LogP) is 4.38. The van der Waals surface area contributed by atoms with Crippen molar-refractivity contribution < 1.29 is 9.90 Å². The molecule has 1 amide bonds. The summed E-state index contributed by atoms with van der Waals surface area (Å²) in [4.78, 5) is 23.1. The fourth-order valence-electron chi connectivity index (χ4n) is 5.23. The molecule has 7 heteroatoms. The maximum Gasteiger partial charge on any atom is 0.254 e. The van der Waals surface area contributed by atoms with E-state index in [1.54, 1.807) is 12.1 Å². The molecule has 0 aliphatic carbocycles. The minimum Gasteiger partial charge on any atom is -0.508 e. The number of phenolic OH excluding ortho intramolecular Hbond substituents is 1. The van der Waals surface area contributed by atoms with Crippen LogP contribution >= 0.6 is 0 Å². The molecule has 0 radical (unpaired) electrons. The summed E-state index contributed by atoms with van der Waals surface area (Å²) in [6, 6.07) is 25.0. The van der Waals surface area contributed by atoms with Crippen molar-refractivity contribution in [3.63, 3.8) is 0 Å². The van der Waals surface area contributed by atoms with Crippen LogP contribution in [0.25, 0.3) is 11.0 Å². The number of hydrogen-bond acceptors (Lipinski definition) is 5. The Hall–Kier alpha value is -4.26. The Labute approximate surface area is 203 Å². The van der Waals surface area contributed by atoms with E-state index >= 15 is 0 Å². The molecule has 1 atom stereocenters. The van der Waals surface area contributed by atoms with Crippen LogP contribution in [0.3, 0.4) is 0 Å². The molecule has 7 nitrogen and oxygen atoms in total. The van der Waals surface area contributed by atoms with E-state index in [0.717, 1.165) is 29.8 Å². The summed E-state index contributed by atoms with van der Waals surface area (Å²) in [5.74, 6) is 0.817. The van der Waals surface area contributed by atoms with Gasteiger partial charge in [-0.15, -0.1) is 0 Å². The Kier molecular flexibility index (Phi) is 5.17. The molecule has 2 aliphatic heterocycles. The number of carbonyl (C=O) groups excluding carboxylic acids is 1. The number of anilines is 2. The molecule has 176 valence electrons. The molecule has 3 aromatic carbocycles. The van der Waals surface area contributed by atoms with Crippen molar-refractivity contribution in [1.82, 2.24) is 14.5 Å². The molecule has 0 spiro atoms. The standard InChI is InChI=1S/C28H27N5O2/c1-19-25(27(35)32-17-15-31(16-18-32)20-9-3-2-4-10-20)26(21-11-5-8-14-24(21)34)33-23-13-7-6-12-22(23)30-28(33)29-19/h2-14,26,34H,15-18H2,1H3,(H,29,30). The molecule has 1 aromatic heterocycles. The highest BCUT2D eigenvalue weighted by Gasteiger charge is 2.37. The van der Waals surface area contributed by atoms with Crippen LogP contribution in [0.2, 0.25) is 0 Å². The minimum absolute atomic E-state index is 0.0144. The number of nitrogens with one attached hydrogen (secondary N) is 1. The van der Waals surface area contributed by atoms with Gasteiger partial charge in [0.05, 0.1) is 22.6 Å². The number of amides is 1. The number of carbonyl (C=O) groups is 1. The van der Waals surface area contributed by atoms with Gasteiger partial charge in [0.2, 0.25) is 5.95 Å². The van der Waals surface area contributed by atoms with Gasteiger partial charge in [0, 0.05) is 43.1 Å². The number of aromatic nitrogens is 2. The van der Waals surface area contributed by atoms with Gasteiger partial charge in [-0.05, 0) is 37.3 Å². The van der Waals surface area contributed by atoms with Crippen LogP contribution in [0, 0.1) is 0 Å². The monoisotopic (exact) mass is 465 g/mol. The summed E-state index contributed by atoms with van der Waals surface area (Å²) in [5.41, 5.74) is 5.01. The van der Waals surface area contributed by atoms with Crippen LogP contribution in [0.1, 0.15) is 18.5 Å². The van der Waals surface area contributed by atoms with Gasteiger partial charge in [0.25, 0.3) is 5.91 Å². The van der Waals surface area contributed by atoms with Gasteiger partial charge in [0.1, 0.15) is 5.75 Å². The van der Waals surface area contributed by atoms with Crippen molar-refractivity contribution in [2.24, 2.45) is 0 Å². The van der Waals surface area contributed by atoms with Crippen LogP contribution in [0.4, 0.5) is 11.6 Å². The lowest BCUT2D eigenvalue weighted by Crippen LogP contribution is -2.50. The Morgan fingerprint density at radius 3 is 2.37 bits per heavy atom. The third-order valence-electron chi connectivity index (χ3n) is 6.98. The number of phenols is 1. The summed E-state index contributed by atoms with van der Waals surface area (Å²) in [5, 5.41) is 14.2. The first-order chi connectivity index (χ1) is 17.1. The van der Waals surface area contributed by atoms with Gasteiger partial charge >= 0.3 is 0 Å². The third kappa shape index (κ3) is 3.60. The molecule has 4 aromatic rings. The first kappa shape index (κ1) is 21.3. The van der Waals surface area contributed by atoms with Crippen molar-refractivity contribution >= 4 is 28.6 Å². The number of fused-ring (bicyclic) bond motifs is 3. The first-order valence-corrected chi connectivity index (χ1v) is 11.9. The van der Waals surface area contributed by atoms with Gasteiger partial charge in [-0.3, -0.25) is 9.36 Å². The zero-order chi connectivity index (χ0) is 23.9. The summed E-state index contributed by atoms with van der Waals surface area (Å²) in [6.45, 7) is 4.74. The van der Waals surface area contributed by atoms with E-state index in [9.17, 15) is 9.90 Å². The largest absolute Gasteiger partial charge is 0.508 e. The van der Waals surface area contributed by atoms with Gasteiger partial charge in [0.15, 0.2) is 0 Å². The second-order valence-corrected chi connectivity index (χ2v) is 9.03. The fourth-order valence-corrected chi connectivity index (χ4v) is 5.23. The molecular weight excluding hydrogens is 438 g/mol. The summed E-state index contributed by atoms with van der Waals surface area (Å²) in [7, 11) is 0. The average Bonchev–Trinajstić information content (AvgIpc) is 3.26. The lowest BCUT2D eigenvalue weighted by molar-refractivity contribution is -0.127. The minimum atomic E-state index is -0.487. The number of rotatable bonds is 3. The smallest absolute Gasteiger partial charge is 0.254 e. The van der Waals surface area contributed by atoms with Gasteiger partial charge in [-0.25, -0.2) is 4.98 Å². The quantitative estimate of drug-likeness (QED) is 0.470. The normalized spacial score (nSPS) is 17.9. The Bertz CT molecular complexity index is 1430. The van der Waals surface area contributed by atoms with Crippen molar-refractivity contribution in [1.29, 1.82) is 0 Å². The van der Waals surface area contributed by atoms with Crippen LogP contribution in [-0.2, 0) is 4.79 Å². The van der Waals surface area contributed by atoms with E-state index in [2.05, 4.69) is 22.3 Å². The van der Waals surface area contributed by atoms with Crippen LogP contribution in [-0.4, -0.2) is 51.6 Å². The van der Waals surface area contributed by atoms with Crippen molar-refractivity contribution in [3.05, 3.63) is 95.7 Å². The summed E-state index contributed by atoms with van der Waals surface area (Å²) in [6.07, 6.45) is 0. The Morgan fingerprint density at radius 1 is 0.914 bits per heavy atom. The first-order valence-electron chi connectivity index (χ1n) is 11.9. The second-order valence-electron chi connectivity index (χ2n) is 9.03. The zero-order valence-corrected chi connectivity index (χ0v) is 19.6. The van der Waals surface area contributed by atoms with E-state index < -0.39 is 6.04 Å². The van der Waals surface area contributed by atoms with Gasteiger partial charge in [-0.2, -0.15) is 0 Å². The van der Waals surface area contributed by atoms with Crippen molar-refractivity contribution in [3.8, 4) is 5.75 Å². The molecular formula is C28H27N5O2. The number of aromatic hydroxyl groups is 1. The second kappa shape index (κ2) is 8.51. The molecule has 1 fully saturated rings. The van der Waals surface area contributed by atoms with Crippen LogP contribution in [0.5, 0.6) is 5.75 Å². The maximum atomic E-state index is 14.1. The van der Waals surface area contributed by atoms with E-state index in [1.165, 1.54) is 5.69 Å². The predicted molar refractivity (Wildman–Crippen MR) is 138 cm³/mol. The lowest BCUT2D eigenvalue weighted by atomic mass is 9.93. The Balaban J connectivity index is 1.38. The Morgan fingerprint density at radius 2 is 1.60 bits per heavy atom. The van der Waals surface area contributed by atoms with Gasteiger partial charge in [-0.1, -0.05) is 48.5 Å². The third-order valence-corrected chi connectivity index (χ3v) is 6.98. The molecule has 0 saturated carbocycles. The van der Waals surface area contributed by atoms with Crippen LogP contribution in [0.15, 0.2) is 90.1 Å². The number of allylic oxidation sites excluding steroid dienone is 1. The fraction of sp³-hybridized carbons (Fsp3) is 0.214.